The van der Waals surface area contributed by atoms with E-state index in [4.69, 9.17) is 16.3 Å². The Hall–Kier alpha value is -5.22. The number of imidazole rings is 1. The molecule has 0 unspecified atom stereocenters. The number of aromatic nitrogens is 3. The second-order valence-corrected chi connectivity index (χ2v) is 14.6. The minimum absolute atomic E-state index is 0.0786. The molecule has 2 heterocycles. The van der Waals surface area contributed by atoms with E-state index in [0.29, 0.717) is 59.4 Å². The summed E-state index contributed by atoms with van der Waals surface area (Å²) < 4.78 is 78.4. The molecule has 2 saturated carbocycles. The summed E-state index contributed by atoms with van der Waals surface area (Å²) in [6.45, 7) is 6.65. The predicted octanol–water partition coefficient (Wildman–Crippen LogP) is 7.07. The Labute approximate surface area is 280 Å². The smallest absolute Gasteiger partial charge is 0.264 e. The minimum atomic E-state index is -3.75. The van der Waals surface area contributed by atoms with Gasteiger partial charge >= 0.3 is 0 Å². The summed E-state index contributed by atoms with van der Waals surface area (Å²) >= 11 is 0. The molecule has 250 valence electrons. The van der Waals surface area contributed by atoms with Crippen LogP contribution < -0.4 is 9.46 Å². The van der Waals surface area contributed by atoms with Crippen molar-refractivity contribution in [3.05, 3.63) is 118 Å². The molecule has 2 aromatic heterocycles. The molecular formula is C36H30F3N5O4S. The number of pyridine rings is 1. The number of ether oxygens (including phenoxy) is 1. The van der Waals surface area contributed by atoms with Crippen molar-refractivity contribution in [2.75, 3.05) is 6.67 Å². The number of nitrogens with zero attached hydrogens (tertiary/aromatic N) is 4. The summed E-state index contributed by atoms with van der Waals surface area (Å²) in [5.41, 5.74) is 2.33. The number of hydrogen-bond donors (Lipinski definition) is 1. The normalized spacial score (nSPS) is 15.1. The third kappa shape index (κ3) is 6.87. The Bertz CT molecular complexity index is 2260. The lowest BCUT2D eigenvalue weighted by Gasteiger charge is -2.16. The molecule has 0 saturated heterocycles. The SMILES string of the molecule is [C-]#[N+]c1ccc(COc2cccc(-c3ccc(Cc4nc5ccc(C(=O)NS(=O)(=O)C6CC6)cc5n4CC4(CF)CC4)c(F)c3)n2)c(F)c1. The first-order chi connectivity index (χ1) is 23.6. The van der Waals surface area contributed by atoms with Crippen LogP contribution in [-0.4, -0.2) is 40.8 Å². The highest BCUT2D eigenvalue weighted by atomic mass is 32.2. The van der Waals surface area contributed by atoms with Crippen LogP contribution in [0.1, 0.15) is 53.0 Å². The second-order valence-electron chi connectivity index (χ2n) is 12.6. The van der Waals surface area contributed by atoms with E-state index in [0.717, 1.165) is 6.07 Å². The molecule has 13 heteroatoms. The van der Waals surface area contributed by atoms with Crippen LogP contribution in [0, 0.1) is 23.6 Å². The fourth-order valence-electron chi connectivity index (χ4n) is 5.67. The van der Waals surface area contributed by atoms with Crippen molar-refractivity contribution in [1.82, 2.24) is 19.3 Å². The fraction of sp³-hybridized carbons (Fsp3) is 0.278. The molecule has 1 amide bonds. The molecule has 0 radical (unpaired) electrons. The molecule has 49 heavy (non-hydrogen) atoms. The van der Waals surface area contributed by atoms with Gasteiger partial charge in [-0.1, -0.05) is 30.3 Å². The van der Waals surface area contributed by atoms with Crippen molar-refractivity contribution in [2.24, 2.45) is 5.41 Å². The zero-order chi connectivity index (χ0) is 34.3. The van der Waals surface area contributed by atoms with Gasteiger partial charge in [0.25, 0.3) is 5.91 Å². The Kier molecular flexibility index (Phi) is 8.36. The third-order valence-corrected chi connectivity index (χ3v) is 10.8. The first-order valence-electron chi connectivity index (χ1n) is 15.7. The van der Waals surface area contributed by atoms with Gasteiger partial charge in [0, 0.05) is 41.1 Å². The van der Waals surface area contributed by atoms with Crippen LogP contribution in [0.25, 0.3) is 27.1 Å². The second kappa shape index (κ2) is 12.7. The predicted molar refractivity (Wildman–Crippen MR) is 176 cm³/mol. The van der Waals surface area contributed by atoms with Gasteiger partial charge in [-0.25, -0.2) is 36.7 Å². The van der Waals surface area contributed by atoms with Crippen LogP contribution in [0.5, 0.6) is 5.88 Å². The van der Waals surface area contributed by atoms with Gasteiger partial charge in [0.05, 0.1) is 35.2 Å². The first-order valence-corrected chi connectivity index (χ1v) is 17.3. The number of fused-ring (bicyclic) bond motifs is 1. The van der Waals surface area contributed by atoms with E-state index in [9.17, 15) is 22.0 Å². The number of nitrogens with one attached hydrogen (secondary N) is 1. The van der Waals surface area contributed by atoms with Crippen molar-refractivity contribution in [1.29, 1.82) is 0 Å². The molecule has 7 rings (SSSR count). The largest absolute Gasteiger partial charge is 0.473 e. The maximum absolute atomic E-state index is 15.7. The van der Waals surface area contributed by atoms with Gasteiger partial charge in [-0.2, -0.15) is 0 Å². The van der Waals surface area contributed by atoms with Gasteiger partial charge in [-0.05, 0) is 67.6 Å². The van der Waals surface area contributed by atoms with E-state index in [1.54, 1.807) is 42.5 Å². The number of rotatable bonds is 12. The number of alkyl halides is 1. The maximum atomic E-state index is 15.7. The average molecular weight is 686 g/mol. The molecule has 0 spiro atoms. The molecule has 2 fully saturated rings. The zero-order valence-electron chi connectivity index (χ0n) is 26.1. The average Bonchev–Trinajstić information content (AvgIpc) is 4.03. The number of hydrogen-bond acceptors (Lipinski definition) is 6. The fourth-order valence-corrected chi connectivity index (χ4v) is 6.97. The summed E-state index contributed by atoms with van der Waals surface area (Å²) in [5.74, 6) is -1.12. The van der Waals surface area contributed by atoms with E-state index in [2.05, 4.69) is 14.6 Å². The monoisotopic (exact) mass is 685 g/mol. The summed E-state index contributed by atoms with van der Waals surface area (Å²) in [5, 5.41) is -0.558. The van der Waals surface area contributed by atoms with E-state index in [1.807, 2.05) is 4.57 Å². The molecule has 0 aliphatic heterocycles. The Morgan fingerprint density at radius 2 is 1.78 bits per heavy atom. The maximum Gasteiger partial charge on any atom is 0.264 e. The van der Waals surface area contributed by atoms with Crippen LogP contribution >= 0.6 is 0 Å². The lowest BCUT2D eigenvalue weighted by molar-refractivity contribution is 0.0981. The van der Waals surface area contributed by atoms with Crippen LogP contribution in [0.2, 0.25) is 0 Å². The van der Waals surface area contributed by atoms with Crippen LogP contribution in [0.4, 0.5) is 18.9 Å². The number of halogens is 3. The summed E-state index contributed by atoms with van der Waals surface area (Å²) in [6, 6.07) is 18.5. The standard InChI is InChI=1S/C36H30F3N5O4S/c1-40-26-9-7-25(29(39)18-26)19-48-34-4-2-3-30(42-34)23-6-5-22(28(38)15-23)17-33-41-31-12-8-24(35(45)43-49(46,47)27-10-11-27)16-32(31)44(33)21-36(20-37)13-14-36/h2-9,12,15-16,18,27H,10-11,13-14,17,19-21H2,(H,43,45). The molecule has 3 aromatic carbocycles. The minimum Gasteiger partial charge on any atom is -0.473 e. The lowest BCUT2D eigenvalue weighted by atomic mass is 10.0. The van der Waals surface area contributed by atoms with Gasteiger partial charge in [0.2, 0.25) is 15.9 Å². The van der Waals surface area contributed by atoms with Gasteiger partial charge < -0.3 is 9.30 Å². The quantitative estimate of drug-likeness (QED) is 0.141. The van der Waals surface area contributed by atoms with Crippen LogP contribution in [0.3, 0.4) is 0 Å². The highest BCUT2D eigenvalue weighted by molar-refractivity contribution is 7.91. The summed E-state index contributed by atoms with van der Waals surface area (Å²) in [7, 11) is -3.75. The molecule has 2 aliphatic carbocycles. The van der Waals surface area contributed by atoms with Gasteiger partial charge in [-0.3, -0.25) is 9.18 Å². The van der Waals surface area contributed by atoms with E-state index in [1.165, 1.54) is 24.3 Å². The molecule has 5 aromatic rings. The zero-order valence-corrected chi connectivity index (χ0v) is 26.9. The van der Waals surface area contributed by atoms with E-state index < -0.39 is 44.9 Å². The van der Waals surface area contributed by atoms with Crippen LogP contribution in [0.15, 0.2) is 72.8 Å². The summed E-state index contributed by atoms with van der Waals surface area (Å²) in [4.78, 5) is 25.3. The topological polar surface area (TPSA) is 108 Å². The van der Waals surface area contributed by atoms with Crippen molar-refractivity contribution < 1.29 is 31.1 Å². The van der Waals surface area contributed by atoms with E-state index in [-0.39, 0.29) is 42.3 Å². The number of amides is 1. The van der Waals surface area contributed by atoms with Gasteiger partial charge in [-0.15, -0.1) is 0 Å². The number of sulfonamides is 1. The van der Waals surface area contributed by atoms with Gasteiger partial charge in [0.15, 0.2) is 5.69 Å². The lowest BCUT2D eigenvalue weighted by Crippen LogP contribution is -2.33. The van der Waals surface area contributed by atoms with Crippen molar-refractivity contribution in [2.45, 2.75) is 50.5 Å². The molecule has 9 nitrogen and oxygen atoms in total. The number of carbonyl (C=O) groups excluding carboxylic acids is 1. The van der Waals surface area contributed by atoms with Crippen LogP contribution in [-0.2, 0) is 29.6 Å². The molecule has 1 N–H and O–H groups in total. The Morgan fingerprint density at radius 1 is 1.00 bits per heavy atom. The molecule has 0 atom stereocenters. The summed E-state index contributed by atoms with van der Waals surface area (Å²) in [6.07, 6.45) is 2.48. The molecule has 0 bridgehead atoms. The van der Waals surface area contributed by atoms with Gasteiger partial charge in [0.1, 0.15) is 24.1 Å². The highest BCUT2D eigenvalue weighted by Crippen LogP contribution is 2.48. The van der Waals surface area contributed by atoms with Crippen molar-refractivity contribution >= 4 is 32.7 Å². The number of benzene rings is 3. The molecular weight excluding hydrogens is 655 g/mol. The Balaban J connectivity index is 1.13. The third-order valence-electron chi connectivity index (χ3n) is 8.98. The Morgan fingerprint density at radius 3 is 2.47 bits per heavy atom. The highest BCUT2D eigenvalue weighted by Gasteiger charge is 2.44. The van der Waals surface area contributed by atoms with E-state index >= 15 is 4.39 Å². The molecule has 2 aliphatic rings. The van der Waals surface area contributed by atoms with Crippen molar-refractivity contribution in [3.63, 3.8) is 0 Å². The van der Waals surface area contributed by atoms with Crippen molar-refractivity contribution in [3.8, 4) is 17.1 Å². The first kappa shape index (κ1) is 32.3. The number of carbonyl (C=O) groups is 1.